The molecule has 1 aliphatic heterocycles. The number of hydrogen-bond acceptors (Lipinski definition) is 5. The van der Waals surface area contributed by atoms with Gasteiger partial charge >= 0.3 is 5.97 Å². The Morgan fingerprint density at radius 2 is 1.90 bits per heavy atom. The third-order valence-corrected chi connectivity index (χ3v) is 5.79. The molecule has 0 bridgehead atoms. The van der Waals surface area contributed by atoms with E-state index in [9.17, 15) is 14.0 Å². The van der Waals surface area contributed by atoms with Gasteiger partial charge in [0.1, 0.15) is 30.5 Å². The molecule has 0 amide bonds. The van der Waals surface area contributed by atoms with Crippen molar-refractivity contribution in [1.29, 1.82) is 0 Å². The maximum absolute atomic E-state index is 13.8. The van der Waals surface area contributed by atoms with Gasteiger partial charge in [0.25, 0.3) is 0 Å². The zero-order valence-electron chi connectivity index (χ0n) is 18.5. The van der Waals surface area contributed by atoms with Crippen LogP contribution in [0, 0.1) is 17.2 Å². The van der Waals surface area contributed by atoms with Crippen LogP contribution in [0.25, 0.3) is 0 Å². The summed E-state index contributed by atoms with van der Waals surface area (Å²) >= 11 is 0. The Morgan fingerprint density at radius 1 is 1.19 bits per heavy atom. The topological polar surface area (TPSA) is 55.8 Å². The molecule has 6 heteroatoms. The standard InChI is InChI=1S/C25H30FNO4/c1-25(2,3)23(24(29)31-16-17-8-10-21(30-4)11-9-17)27-13-19(15-28)22(14-27)18-6-5-7-20(26)12-18/h5-12,15,19,22-23H,13-14,16H2,1-4H3/t19-,22-,23+/m1/s1. The molecule has 0 saturated carbocycles. The molecular formula is C25H30FNO4. The van der Waals surface area contributed by atoms with Crippen molar-refractivity contribution < 1.29 is 23.5 Å². The second-order valence-corrected chi connectivity index (χ2v) is 9.14. The van der Waals surface area contributed by atoms with Crippen LogP contribution in [0.4, 0.5) is 4.39 Å². The van der Waals surface area contributed by atoms with E-state index >= 15 is 0 Å². The molecule has 166 valence electrons. The van der Waals surface area contributed by atoms with Crippen LogP contribution in [0.3, 0.4) is 0 Å². The Kier molecular flexibility index (Phi) is 7.11. The van der Waals surface area contributed by atoms with Crippen LogP contribution in [0.1, 0.15) is 37.8 Å². The highest BCUT2D eigenvalue weighted by atomic mass is 19.1. The van der Waals surface area contributed by atoms with Gasteiger partial charge in [-0.2, -0.15) is 0 Å². The zero-order valence-corrected chi connectivity index (χ0v) is 18.5. The van der Waals surface area contributed by atoms with E-state index in [1.807, 2.05) is 56.0 Å². The summed E-state index contributed by atoms with van der Waals surface area (Å²) in [5, 5.41) is 0. The largest absolute Gasteiger partial charge is 0.497 e. The van der Waals surface area contributed by atoms with Crippen molar-refractivity contribution in [3.05, 3.63) is 65.5 Å². The fraction of sp³-hybridized carbons (Fsp3) is 0.440. The van der Waals surface area contributed by atoms with E-state index in [2.05, 4.69) is 0 Å². The number of methoxy groups -OCH3 is 1. The van der Waals surface area contributed by atoms with Gasteiger partial charge in [0.2, 0.25) is 0 Å². The van der Waals surface area contributed by atoms with E-state index in [1.165, 1.54) is 12.1 Å². The number of ether oxygens (including phenoxy) is 2. The van der Waals surface area contributed by atoms with Crippen LogP contribution >= 0.6 is 0 Å². The number of nitrogens with zero attached hydrogens (tertiary/aromatic N) is 1. The molecule has 0 N–H and O–H groups in total. The van der Waals surface area contributed by atoms with Gasteiger partial charge in [0.15, 0.2) is 0 Å². The highest BCUT2D eigenvalue weighted by Gasteiger charge is 2.44. The first-order valence-electron chi connectivity index (χ1n) is 10.5. The molecule has 1 aliphatic rings. The minimum Gasteiger partial charge on any atom is -0.497 e. The number of likely N-dealkylation sites (tertiary alicyclic amines) is 1. The van der Waals surface area contributed by atoms with Gasteiger partial charge in [-0.15, -0.1) is 0 Å². The predicted octanol–water partition coefficient (Wildman–Crippen LogP) is 4.21. The third-order valence-electron chi connectivity index (χ3n) is 5.79. The lowest BCUT2D eigenvalue weighted by Crippen LogP contribution is -2.49. The SMILES string of the molecule is COc1ccc(COC(=O)[C@H](N2C[C@H](c3cccc(F)c3)[C@@H](C=O)C2)C(C)(C)C)cc1. The highest BCUT2D eigenvalue weighted by molar-refractivity contribution is 5.77. The molecule has 2 aromatic rings. The molecule has 0 aliphatic carbocycles. The van der Waals surface area contributed by atoms with E-state index in [0.29, 0.717) is 13.1 Å². The summed E-state index contributed by atoms with van der Waals surface area (Å²) in [6.45, 7) is 7.04. The van der Waals surface area contributed by atoms with Gasteiger partial charge in [-0.3, -0.25) is 9.69 Å². The van der Waals surface area contributed by atoms with Gasteiger partial charge in [-0.25, -0.2) is 4.39 Å². The monoisotopic (exact) mass is 427 g/mol. The number of hydrogen-bond donors (Lipinski definition) is 0. The predicted molar refractivity (Wildman–Crippen MR) is 116 cm³/mol. The molecule has 0 aromatic heterocycles. The smallest absolute Gasteiger partial charge is 0.324 e. The van der Waals surface area contributed by atoms with E-state index in [0.717, 1.165) is 23.2 Å². The minimum absolute atomic E-state index is 0.160. The van der Waals surface area contributed by atoms with E-state index in [1.54, 1.807) is 13.2 Å². The van der Waals surface area contributed by atoms with Crippen molar-refractivity contribution >= 4 is 12.3 Å². The number of aldehydes is 1. The summed E-state index contributed by atoms with van der Waals surface area (Å²) in [5.41, 5.74) is 1.24. The number of carbonyl (C=O) groups excluding carboxylic acids is 2. The molecule has 31 heavy (non-hydrogen) atoms. The van der Waals surface area contributed by atoms with Crippen molar-refractivity contribution in [1.82, 2.24) is 4.90 Å². The lowest BCUT2D eigenvalue weighted by Gasteiger charge is -2.36. The summed E-state index contributed by atoms with van der Waals surface area (Å²) in [6, 6.07) is 13.2. The van der Waals surface area contributed by atoms with Crippen LogP contribution in [-0.2, 0) is 20.9 Å². The number of carbonyl (C=O) groups is 2. The first kappa shape index (κ1) is 22.9. The molecule has 0 spiro atoms. The Hall–Kier alpha value is -2.73. The number of rotatable bonds is 7. The summed E-state index contributed by atoms with van der Waals surface area (Å²) in [5.74, 6) is -0.379. The molecule has 1 fully saturated rings. The van der Waals surface area contributed by atoms with Gasteiger partial charge in [0.05, 0.1) is 7.11 Å². The van der Waals surface area contributed by atoms with Crippen LogP contribution in [-0.4, -0.2) is 43.4 Å². The van der Waals surface area contributed by atoms with Gasteiger partial charge in [-0.1, -0.05) is 45.0 Å². The van der Waals surface area contributed by atoms with Crippen LogP contribution < -0.4 is 4.74 Å². The van der Waals surface area contributed by atoms with E-state index in [4.69, 9.17) is 9.47 Å². The Bertz CT molecular complexity index is 906. The van der Waals surface area contributed by atoms with Crippen molar-refractivity contribution in [3.8, 4) is 5.75 Å². The molecule has 0 radical (unpaired) electrons. The van der Waals surface area contributed by atoms with Crippen molar-refractivity contribution in [2.75, 3.05) is 20.2 Å². The average Bonchev–Trinajstić information content (AvgIpc) is 3.15. The minimum atomic E-state index is -0.522. The van der Waals surface area contributed by atoms with Crippen molar-refractivity contribution in [2.24, 2.45) is 11.3 Å². The lowest BCUT2D eigenvalue weighted by molar-refractivity contribution is -0.155. The fourth-order valence-electron chi connectivity index (χ4n) is 4.30. The van der Waals surface area contributed by atoms with E-state index in [-0.39, 0.29) is 30.2 Å². The lowest BCUT2D eigenvalue weighted by atomic mass is 9.85. The quantitative estimate of drug-likeness (QED) is 0.490. The molecule has 3 rings (SSSR count). The summed E-state index contributed by atoms with van der Waals surface area (Å²) < 4.78 is 24.6. The maximum Gasteiger partial charge on any atom is 0.324 e. The number of benzene rings is 2. The highest BCUT2D eigenvalue weighted by Crippen LogP contribution is 2.37. The molecule has 2 aromatic carbocycles. The Morgan fingerprint density at radius 3 is 2.48 bits per heavy atom. The zero-order chi connectivity index (χ0) is 22.6. The van der Waals surface area contributed by atoms with Crippen molar-refractivity contribution in [3.63, 3.8) is 0 Å². The molecule has 1 saturated heterocycles. The average molecular weight is 428 g/mol. The van der Waals surface area contributed by atoms with Crippen molar-refractivity contribution in [2.45, 2.75) is 39.3 Å². The van der Waals surface area contributed by atoms with Gasteiger partial charge in [0, 0.05) is 24.9 Å². The number of esters is 1. The molecule has 0 unspecified atom stereocenters. The molecular weight excluding hydrogens is 397 g/mol. The fourth-order valence-corrected chi connectivity index (χ4v) is 4.30. The van der Waals surface area contributed by atoms with Gasteiger partial charge in [-0.05, 0) is 40.8 Å². The van der Waals surface area contributed by atoms with Crippen LogP contribution in [0.15, 0.2) is 48.5 Å². The first-order chi connectivity index (χ1) is 14.7. The Labute approximate surface area is 183 Å². The normalized spacial score (nSPS) is 20.3. The van der Waals surface area contributed by atoms with Gasteiger partial charge < -0.3 is 14.3 Å². The van der Waals surface area contributed by atoms with Crippen LogP contribution in [0.5, 0.6) is 5.75 Å². The maximum atomic E-state index is 13.8. The third kappa shape index (κ3) is 5.50. The van der Waals surface area contributed by atoms with Crippen LogP contribution in [0.2, 0.25) is 0 Å². The Balaban J connectivity index is 1.75. The summed E-state index contributed by atoms with van der Waals surface area (Å²) in [4.78, 5) is 26.9. The second-order valence-electron chi connectivity index (χ2n) is 9.14. The summed E-state index contributed by atoms with van der Waals surface area (Å²) in [6.07, 6.45) is 0.915. The molecule has 5 nitrogen and oxygen atoms in total. The molecule has 3 atom stereocenters. The second kappa shape index (κ2) is 9.60. The molecule has 1 heterocycles. The number of halogens is 1. The van der Waals surface area contributed by atoms with E-state index < -0.39 is 11.5 Å². The summed E-state index contributed by atoms with van der Waals surface area (Å²) in [7, 11) is 1.60. The first-order valence-corrected chi connectivity index (χ1v) is 10.5.